The second kappa shape index (κ2) is 4.02. The number of nitrogen functional groups attached to an aromatic ring is 1. The largest absolute Gasteiger partial charge is 0.368 e. The Morgan fingerprint density at radius 2 is 2.27 bits per heavy atom. The van der Waals surface area contributed by atoms with Crippen molar-refractivity contribution in [3.05, 3.63) is 34.6 Å². The van der Waals surface area contributed by atoms with E-state index in [2.05, 4.69) is 26.0 Å². The highest BCUT2D eigenvalue weighted by Crippen LogP contribution is 2.17. The lowest BCUT2D eigenvalue weighted by Crippen LogP contribution is -2.02. The molecule has 0 saturated carbocycles. The maximum atomic E-state index is 5.77. The zero-order valence-electron chi connectivity index (χ0n) is 8.31. The van der Waals surface area contributed by atoms with Gasteiger partial charge in [0, 0.05) is 10.9 Å². The molecule has 0 amide bonds. The van der Waals surface area contributed by atoms with Gasteiger partial charge in [0.15, 0.2) is 5.82 Å². The summed E-state index contributed by atoms with van der Waals surface area (Å²) in [6, 6.07) is 7.78. The van der Waals surface area contributed by atoms with E-state index in [-0.39, 0.29) is 0 Å². The molecule has 5 heteroatoms. The van der Waals surface area contributed by atoms with Gasteiger partial charge in [-0.1, -0.05) is 28.9 Å². The Morgan fingerprint density at radius 3 is 2.87 bits per heavy atom. The van der Waals surface area contributed by atoms with Crippen molar-refractivity contribution in [3.63, 3.8) is 0 Å². The number of nitrogens with two attached hydrogens (primary N) is 1. The Hall–Kier alpha value is -1.36. The molecule has 78 valence electrons. The molecule has 2 rings (SSSR count). The van der Waals surface area contributed by atoms with E-state index in [1.807, 2.05) is 31.2 Å². The fourth-order valence-electron chi connectivity index (χ4n) is 1.32. The third kappa shape index (κ3) is 2.02. The normalized spacial score (nSPS) is 10.5. The quantitative estimate of drug-likeness (QED) is 0.907. The number of anilines is 1. The summed E-state index contributed by atoms with van der Waals surface area (Å²) in [5, 5.41) is 4.30. The maximum Gasteiger partial charge on any atom is 0.223 e. The first-order chi connectivity index (χ1) is 7.20. The summed E-state index contributed by atoms with van der Waals surface area (Å²) in [7, 11) is 0. The third-order valence-electron chi connectivity index (χ3n) is 2.05. The molecule has 15 heavy (non-hydrogen) atoms. The van der Waals surface area contributed by atoms with E-state index in [0.717, 1.165) is 22.4 Å². The van der Waals surface area contributed by atoms with E-state index < -0.39 is 0 Å². The molecule has 1 heterocycles. The molecule has 0 bridgehead atoms. The van der Waals surface area contributed by atoms with Gasteiger partial charge in [0.05, 0.1) is 5.69 Å². The van der Waals surface area contributed by atoms with Crippen molar-refractivity contribution >= 4 is 21.9 Å². The summed E-state index contributed by atoms with van der Waals surface area (Å²) < 4.78 is 2.64. The highest BCUT2D eigenvalue weighted by Gasteiger charge is 2.06. The first-order valence-corrected chi connectivity index (χ1v) is 5.47. The Morgan fingerprint density at radius 1 is 1.47 bits per heavy atom. The summed E-state index contributed by atoms with van der Waals surface area (Å²) in [4.78, 5) is 4.15. The second-order valence-electron chi connectivity index (χ2n) is 3.13. The van der Waals surface area contributed by atoms with Crippen LogP contribution >= 0.6 is 15.9 Å². The van der Waals surface area contributed by atoms with E-state index in [9.17, 15) is 0 Å². The maximum absolute atomic E-state index is 5.77. The predicted molar refractivity (Wildman–Crippen MR) is 62.8 cm³/mol. The van der Waals surface area contributed by atoms with Crippen LogP contribution in [-0.2, 0) is 6.42 Å². The van der Waals surface area contributed by atoms with E-state index >= 15 is 0 Å². The number of hydrogen-bond acceptors (Lipinski definition) is 3. The van der Waals surface area contributed by atoms with Crippen molar-refractivity contribution in [2.24, 2.45) is 0 Å². The summed E-state index contributed by atoms with van der Waals surface area (Å²) in [5.74, 6) is 1.18. The van der Waals surface area contributed by atoms with Crippen LogP contribution in [0.3, 0.4) is 0 Å². The highest BCUT2D eigenvalue weighted by molar-refractivity contribution is 9.10. The minimum atomic E-state index is 0.421. The highest BCUT2D eigenvalue weighted by atomic mass is 79.9. The van der Waals surface area contributed by atoms with Crippen LogP contribution in [0.25, 0.3) is 5.69 Å². The minimum Gasteiger partial charge on any atom is -0.368 e. The number of aryl methyl sites for hydroxylation is 1. The SMILES string of the molecule is CCc1nc(N)n(-c2cccc(Br)c2)n1. The Balaban J connectivity index is 2.48. The molecule has 0 unspecified atom stereocenters. The molecular formula is C10H11BrN4. The Labute approximate surface area is 96.3 Å². The second-order valence-corrected chi connectivity index (χ2v) is 4.05. The van der Waals surface area contributed by atoms with Crippen LogP contribution in [0.1, 0.15) is 12.7 Å². The van der Waals surface area contributed by atoms with Gasteiger partial charge in [-0.2, -0.15) is 9.67 Å². The number of nitrogens with zero attached hydrogens (tertiary/aromatic N) is 3. The average Bonchev–Trinajstić information content (AvgIpc) is 2.60. The van der Waals surface area contributed by atoms with E-state index in [0.29, 0.717) is 5.95 Å². The smallest absolute Gasteiger partial charge is 0.223 e. The van der Waals surface area contributed by atoms with Crippen molar-refractivity contribution < 1.29 is 0 Å². The van der Waals surface area contributed by atoms with Gasteiger partial charge in [-0.25, -0.2) is 0 Å². The zero-order valence-corrected chi connectivity index (χ0v) is 9.90. The monoisotopic (exact) mass is 266 g/mol. The number of aromatic nitrogens is 3. The Kier molecular flexibility index (Phi) is 2.73. The molecule has 0 fully saturated rings. The lowest BCUT2D eigenvalue weighted by molar-refractivity contribution is 0.845. The van der Waals surface area contributed by atoms with E-state index in [1.54, 1.807) is 4.68 Å². The van der Waals surface area contributed by atoms with Crippen molar-refractivity contribution in [1.29, 1.82) is 0 Å². The molecule has 0 spiro atoms. The van der Waals surface area contributed by atoms with Gasteiger partial charge < -0.3 is 5.73 Å². The molecule has 2 aromatic rings. The molecule has 0 aliphatic carbocycles. The minimum absolute atomic E-state index is 0.421. The van der Waals surface area contributed by atoms with Crippen LogP contribution in [-0.4, -0.2) is 14.8 Å². The lowest BCUT2D eigenvalue weighted by Gasteiger charge is -2.02. The first-order valence-electron chi connectivity index (χ1n) is 4.68. The molecule has 0 radical (unpaired) electrons. The molecule has 1 aromatic carbocycles. The summed E-state index contributed by atoms with van der Waals surface area (Å²) in [5.41, 5.74) is 6.68. The number of benzene rings is 1. The summed E-state index contributed by atoms with van der Waals surface area (Å²) in [6.07, 6.45) is 0.783. The van der Waals surface area contributed by atoms with Crippen LogP contribution in [0, 0.1) is 0 Å². The number of halogens is 1. The van der Waals surface area contributed by atoms with Crippen molar-refractivity contribution in [2.75, 3.05) is 5.73 Å². The molecular weight excluding hydrogens is 256 g/mol. The van der Waals surface area contributed by atoms with E-state index in [1.165, 1.54) is 0 Å². The molecule has 4 nitrogen and oxygen atoms in total. The fraction of sp³-hybridized carbons (Fsp3) is 0.200. The van der Waals surface area contributed by atoms with Crippen LogP contribution in [0.5, 0.6) is 0 Å². The van der Waals surface area contributed by atoms with Crippen LogP contribution < -0.4 is 5.73 Å². The summed E-state index contributed by atoms with van der Waals surface area (Å²) in [6.45, 7) is 2.00. The Bertz CT molecular complexity index is 478. The molecule has 1 aromatic heterocycles. The number of hydrogen-bond donors (Lipinski definition) is 1. The molecule has 0 atom stereocenters. The standard InChI is InChI=1S/C10H11BrN4/c1-2-9-13-10(12)15(14-9)8-5-3-4-7(11)6-8/h3-6H,2H2,1H3,(H2,12,13,14). The van der Waals surface area contributed by atoms with Gasteiger partial charge in [0.25, 0.3) is 0 Å². The van der Waals surface area contributed by atoms with Crippen molar-refractivity contribution in [1.82, 2.24) is 14.8 Å². The molecule has 0 aliphatic heterocycles. The van der Waals surface area contributed by atoms with Gasteiger partial charge in [-0.3, -0.25) is 0 Å². The van der Waals surface area contributed by atoms with Gasteiger partial charge >= 0.3 is 0 Å². The molecule has 0 saturated heterocycles. The predicted octanol–water partition coefficient (Wildman–Crippen LogP) is 2.17. The van der Waals surface area contributed by atoms with Crippen LogP contribution in [0.2, 0.25) is 0 Å². The lowest BCUT2D eigenvalue weighted by atomic mass is 10.3. The molecule has 2 N–H and O–H groups in total. The van der Waals surface area contributed by atoms with E-state index in [4.69, 9.17) is 5.73 Å². The fourth-order valence-corrected chi connectivity index (χ4v) is 1.70. The summed E-state index contributed by atoms with van der Waals surface area (Å²) >= 11 is 3.41. The van der Waals surface area contributed by atoms with Gasteiger partial charge in [-0.15, -0.1) is 5.10 Å². The van der Waals surface area contributed by atoms with Crippen molar-refractivity contribution in [3.8, 4) is 5.69 Å². The average molecular weight is 267 g/mol. The van der Waals surface area contributed by atoms with Gasteiger partial charge in [0.1, 0.15) is 0 Å². The molecule has 0 aliphatic rings. The number of rotatable bonds is 2. The van der Waals surface area contributed by atoms with Gasteiger partial charge in [-0.05, 0) is 18.2 Å². The van der Waals surface area contributed by atoms with Crippen molar-refractivity contribution in [2.45, 2.75) is 13.3 Å². The topological polar surface area (TPSA) is 56.7 Å². The first kappa shape index (κ1) is 10.2. The van der Waals surface area contributed by atoms with Crippen LogP contribution in [0.4, 0.5) is 5.95 Å². The van der Waals surface area contributed by atoms with Gasteiger partial charge in [0.2, 0.25) is 5.95 Å². The third-order valence-corrected chi connectivity index (χ3v) is 2.54. The zero-order chi connectivity index (χ0) is 10.8. The van der Waals surface area contributed by atoms with Crippen LogP contribution in [0.15, 0.2) is 28.7 Å².